The van der Waals surface area contributed by atoms with Crippen LogP contribution in [0.1, 0.15) is 13.3 Å². The average molecular weight is 224 g/mol. The maximum Gasteiger partial charge on any atom is 0.310 e. The second-order valence-electron chi connectivity index (χ2n) is 2.84. The van der Waals surface area contributed by atoms with E-state index in [0.29, 0.717) is 17.9 Å². The fourth-order valence-electron chi connectivity index (χ4n) is 0.983. The Morgan fingerprint density at radius 1 is 1.60 bits per heavy atom. The first-order valence-corrected chi connectivity index (χ1v) is 4.90. The molecule has 0 spiro atoms. The molecule has 0 heterocycles. The van der Waals surface area contributed by atoms with Crippen molar-refractivity contribution in [2.45, 2.75) is 13.3 Å². The maximum absolute atomic E-state index is 11.0. The number of rotatable bonds is 3. The van der Waals surface area contributed by atoms with Gasteiger partial charge in [0.25, 0.3) is 0 Å². The van der Waals surface area contributed by atoms with Crippen molar-refractivity contribution in [3.8, 4) is 5.75 Å². The van der Waals surface area contributed by atoms with Gasteiger partial charge in [-0.25, -0.2) is 0 Å². The summed E-state index contributed by atoms with van der Waals surface area (Å²) in [5.41, 5.74) is 6.01. The Bertz CT molecular complexity index is 379. The Hall–Kier alpha value is -1.62. The summed E-state index contributed by atoms with van der Waals surface area (Å²) < 4.78 is 5.02. The second-order valence-corrected chi connectivity index (χ2v) is 3.28. The zero-order valence-electron chi connectivity index (χ0n) is 8.32. The van der Waals surface area contributed by atoms with Crippen molar-refractivity contribution in [3.05, 3.63) is 24.3 Å². The number of esters is 1. The number of benzene rings is 1. The van der Waals surface area contributed by atoms with Crippen molar-refractivity contribution in [1.29, 1.82) is 0 Å². The van der Waals surface area contributed by atoms with Gasteiger partial charge < -0.3 is 15.8 Å². The molecule has 1 aromatic carbocycles. The molecule has 0 aromatic heterocycles. The number of hydrogen-bond donors (Lipinski definition) is 2. The first-order valence-electron chi connectivity index (χ1n) is 4.49. The normalized spacial score (nSPS) is 9.40. The van der Waals surface area contributed by atoms with Gasteiger partial charge in [0.2, 0.25) is 0 Å². The first-order chi connectivity index (χ1) is 7.11. The summed E-state index contributed by atoms with van der Waals surface area (Å²) in [5.74, 6) is 0.200. The predicted octanol–water partition coefficient (Wildman–Crippen LogP) is 1.66. The zero-order chi connectivity index (χ0) is 11.3. The summed E-state index contributed by atoms with van der Waals surface area (Å²) in [5, 5.41) is 2.93. The van der Waals surface area contributed by atoms with Crippen molar-refractivity contribution in [3.63, 3.8) is 0 Å². The number of carbonyl (C=O) groups excluding carboxylic acids is 1. The van der Waals surface area contributed by atoms with Gasteiger partial charge in [0.15, 0.2) is 5.11 Å². The Morgan fingerprint density at radius 2 is 2.33 bits per heavy atom. The van der Waals surface area contributed by atoms with E-state index in [0.717, 1.165) is 0 Å². The third-order valence-corrected chi connectivity index (χ3v) is 1.72. The molecule has 80 valence electrons. The van der Waals surface area contributed by atoms with E-state index < -0.39 is 0 Å². The highest BCUT2D eigenvalue weighted by Crippen LogP contribution is 2.17. The van der Waals surface area contributed by atoms with Gasteiger partial charge in [-0.3, -0.25) is 4.79 Å². The highest BCUT2D eigenvalue weighted by Gasteiger charge is 2.02. The zero-order valence-corrected chi connectivity index (χ0v) is 9.14. The topological polar surface area (TPSA) is 64.3 Å². The van der Waals surface area contributed by atoms with E-state index >= 15 is 0 Å². The summed E-state index contributed by atoms with van der Waals surface area (Å²) in [6.07, 6.45) is 0.340. The average Bonchev–Trinajstić information content (AvgIpc) is 2.17. The Kier molecular flexibility index (Phi) is 4.05. The van der Waals surface area contributed by atoms with Crippen molar-refractivity contribution in [2.75, 3.05) is 5.32 Å². The number of nitrogens with one attached hydrogen (secondary N) is 1. The molecule has 0 fully saturated rings. The van der Waals surface area contributed by atoms with Crippen molar-refractivity contribution >= 4 is 29.0 Å². The van der Waals surface area contributed by atoms with Gasteiger partial charge >= 0.3 is 5.97 Å². The second kappa shape index (κ2) is 5.31. The molecule has 0 aliphatic rings. The SMILES string of the molecule is CCC(=O)Oc1cccc(NC(N)=S)c1. The minimum Gasteiger partial charge on any atom is -0.426 e. The standard InChI is InChI=1S/C10H12N2O2S/c1-2-9(13)14-8-5-3-4-7(6-8)12-10(11)15/h3-6H,2H2,1H3,(H3,11,12,15). The van der Waals surface area contributed by atoms with E-state index in [9.17, 15) is 4.79 Å². The fraction of sp³-hybridized carbons (Fsp3) is 0.200. The number of nitrogens with two attached hydrogens (primary N) is 1. The molecule has 0 saturated carbocycles. The van der Waals surface area contributed by atoms with Crippen molar-refractivity contribution in [2.24, 2.45) is 5.73 Å². The smallest absolute Gasteiger partial charge is 0.310 e. The molecule has 0 saturated heterocycles. The summed E-state index contributed by atoms with van der Waals surface area (Å²) >= 11 is 4.69. The minimum atomic E-state index is -0.275. The van der Waals surface area contributed by atoms with Crippen molar-refractivity contribution < 1.29 is 9.53 Å². The lowest BCUT2D eigenvalue weighted by atomic mass is 10.3. The summed E-state index contributed by atoms with van der Waals surface area (Å²) in [6.45, 7) is 1.74. The molecule has 0 aliphatic carbocycles. The number of carbonyl (C=O) groups is 1. The number of thiocarbonyl (C=S) groups is 1. The van der Waals surface area contributed by atoms with Gasteiger partial charge in [0.05, 0.1) is 0 Å². The van der Waals surface area contributed by atoms with E-state index in [1.165, 1.54) is 0 Å². The van der Waals surface area contributed by atoms with Crippen LogP contribution in [0.2, 0.25) is 0 Å². The van der Waals surface area contributed by atoms with Crippen LogP contribution in [0.3, 0.4) is 0 Å². The van der Waals surface area contributed by atoms with E-state index in [1.54, 1.807) is 31.2 Å². The molecule has 15 heavy (non-hydrogen) atoms. The predicted molar refractivity (Wildman–Crippen MR) is 62.8 cm³/mol. The molecule has 0 aliphatic heterocycles. The van der Waals surface area contributed by atoms with Crippen LogP contribution in [0.15, 0.2) is 24.3 Å². The molecule has 4 nitrogen and oxygen atoms in total. The van der Waals surface area contributed by atoms with Crippen LogP contribution in [0.5, 0.6) is 5.75 Å². The Balaban J connectivity index is 2.74. The lowest BCUT2D eigenvalue weighted by Crippen LogP contribution is -2.18. The molecule has 0 atom stereocenters. The monoisotopic (exact) mass is 224 g/mol. The lowest BCUT2D eigenvalue weighted by molar-refractivity contribution is -0.134. The molecule has 1 aromatic rings. The molecular formula is C10H12N2O2S. The van der Waals surface area contributed by atoms with Crippen LogP contribution in [0.25, 0.3) is 0 Å². The van der Waals surface area contributed by atoms with Crippen LogP contribution in [0.4, 0.5) is 5.69 Å². The summed E-state index contributed by atoms with van der Waals surface area (Å²) in [6, 6.07) is 6.88. The van der Waals surface area contributed by atoms with Gasteiger partial charge in [-0.05, 0) is 24.4 Å². The van der Waals surface area contributed by atoms with E-state index in [1.807, 2.05) is 0 Å². The van der Waals surface area contributed by atoms with Crippen LogP contribution in [-0.4, -0.2) is 11.1 Å². The third kappa shape index (κ3) is 3.95. The van der Waals surface area contributed by atoms with Crippen LogP contribution in [-0.2, 0) is 4.79 Å². The van der Waals surface area contributed by atoms with Crippen LogP contribution < -0.4 is 15.8 Å². The third-order valence-electron chi connectivity index (χ3n) is 1.62. The van der Waals surface area contributed by atoms with Gasteiger partial charge in [-0.15, -0.1) is 0 Å². The molecule has 0 unspecified atom stereocenters. The molecule has 1 rings (SSSR count). The lowest BCUT2D eigenvalue weighted by Gasteiger charge is -2.06. The highest BCUT2D eigenvalue weighted by molar-refractivity contribution is 7.80. The van der Waals surface area contributed by atoms with Gasteiger partial charge in [-0.1, -0.05) is 13.0 Å². The first kappa shape index (κ1) is 11.5. The number of anilines is 1. The maximum atomic E-state index is 11.0. The van der Waals surface area contributed by atoms with Crippen molar-refractivity contribution in [1.82, 2.24) is 0 Å². The molecule has 0 radical (unpaired) electrons. The Labute approximate surface area is 93.4 Å². The number of ether oxygens (including phenoxy) is 1. The molecule has 5 heteroatoms. The summed E-state index contributed by atoms with van der Waals surface area (Å²) in [7, 11) is 0. The van der Waals surface area contributed by atoms with Gasteiger partial charge in [0, 0.05) is 18.2 Å². The molecule has 0 bridgehead atoms. The largest absolute Gasteiger partial charge is 0.426 e. The Morgan fingerprint density at radius 3 is 2.93 bits per heavy atom. The van der Waals surface area contributed by atoms with Gasteiger partial charge in [-0.2, -0.15) is 0 Å². The number of hydrogen-bond acceptors (Lipinski definition) is 3. The van der Waals surface area contributed by atoms with Gasteiger partial charge in [0.1, 0.15) is 5.75 Å². The van der Waals surface area contributed by atoms with Crippen LogP contribution >= 0.6 is 12.2 Å². The van der Waals surface area contributed by atoms with E-state index in [2.05, 4.69) is 5.32 Å². The fourth-order valence-corrected chi connectivity index (χ4v) is 1.10. The minimum absolute atomic E-state index is 0.175. The molecule has 0 amide bonds. The summed E-state index contributed by atoms with van der Waals surface area (Å²) in [4.78, 5) is 11.0. The van der Waals surface area contributed by atoms with Crippen LogP contribution in [0, 0.1) is 0 Å². The van der Waals surface area contributed by atoms with E-state index in [-0.39, 0.29) is 11.1 Å². The highest BCUT2D eigenvalue weighted by atomic mass is 32.1. The van der Waals surface area contributed by atoms with E-state index in [4.69, 9.17) is 22.7 Å². The molecular weight excluding hydrogens is 212 g/mol. The molecule has 3 N–H and O–H groups in total. The quantitative estimate of drug-likeness (QED) is 0.464.